The van der Waals surface area contributed by atoms with Gasteiger partial charge >= 0.3 is 6.09 Å². The van der Waals surface area contributed by atoms with Crippen molar-refractivity contribution in [1.29, 1.82) is 0 Å². The van der Waals surface area contributed by atoms with Gasteiger partial charge in [0.05, 0.1) is 11.4 Å². The third-order valence-corrected chi connectivity index (χ3v) is 4.51. The fourth-order valence-corrected chi connectivity index (χ4v) is 3.18. The van der Waals surface area contributed by atoms with Crippen molar-refractivity contribution in [3.05, 3.63) is 53.9 Å². The molecule has 0 fully saturated rings. The van der Waals surface area contributed by atoms with Gasteiger partial charge in [0.15, 0.2) is 0 Å². The van der Waals surface area contributed by atoms with Crippen molar-refractivity contribution in [3.8, 4) is 11.1 Å². The third kappa shape index (κ3) is 5.17. The van der Waals surface area contributed by atoms with Crippen LogP contribution in [0.25, 0.3) is 16.7 Å². The van der Waals surface area contributed by atoms with E-state index < -0.39 is 35.7 Å². The van der Waals surface area contributed by atoms with Gasteiger partial charge in [-0.25, -0.2) is 22.4 Å². The molecule has 1 aliphatic rings. The Labute approximate surface area is 172 Å². The van der Waals surface area contributed by atoms with E-state index in [0.29, 0.717) is 5.57 Å². The summed E-state index contributed by atoms with van der Waals surface area (Å²) in [6, 6.07) is 4.38. The molecule has 0 unspecified atom stereocenters. The number of nitrogens with one attached hydrogen (secondary N) is 1. The molecule has 0 aliphatic heterocycles. The van der Waals surface area contributed by atoms with Crippen LogP contribution >= 0.6 is 0 Å². The Morgan fingerprint density at radius 1 is 1.17 bits per heavy atom. The number of aromatic nitrogens is 1. The molecule has 1 aliphatic carbocycles. The summed E-state index contributed by atoms with van der Waals surface area (Å²) < 4.78 is 60.7. The minimum absolute atomic E-state index is 0.0259. The van der Waals surface area contributed by atoms with Gasteiger partial charge in [0, 0.05) is 30.2 Å². The van der Waals surface area contributed by atoms with Gasteiger partial charge in [0.25, 0.3) is 5.92 Å². The Morgan fingerprint density at radius 2 is 1.90 bits per heavy atom. The summed E-state index contributed by atoms with van der Waals surface area (Å²) >= 11 is 0. The van der Waals surface area contributed by atoms with Crippen LogP contribution in [0, 0.1) is 11.6 Å². The quantitative estimate of drug-likeness (QED) is 0.569. The molecule has 8 heteroatoms. The Balaban J connectivity index is 2.12. The van der Waals surface area contributed by atoms with Crippen molar-refractivity contribution in [2.75, 3.05) is 5.32 Å². The Hall–Kier alpha value is -2.90. The van der Waals surface area contributed by atoms with E-state index >= 15 is 0 Å². The molecule has 1 heterocycles. The van der Waals surface area contributed by atoms with Gasteiger partial charge in [-0.05, 0) is 57.0 Å². The average molecular weight is 422 g/mol. The third-order valence-electron chi connectivity index (χ3n) is 4.51. The van der Waals surface area contributed by atoms with Crippen molar-refractivity contribution < 1.29 is 27.1 Å². The summed E-state index contributed by atoms with van der Waals surface area (Å²) in [7, 11) is 0. The number of ether oxygens (including phenoxy) is 1. The summed E-state index contributed by atoms with van der Waals surface area (Å²) in [6.45, 7) is 5.03. The number of rotatable bonds is 3. The number of benzene rings is 1. The van der Waals surface area contributed by atoms with E-state index in [9.17, 15) is 22.4 Å². The van der Waals surface area contributed by atoms with Crippen LogP contribution in [-0.2, 0) is 4.74 Å². The Bertz CT molecular complexity index is 997. The van der Waals surface area contributed by atoms with E-state index in [1.54, 1.807) is 20.8 Å². The van der Waals surface area contributed by atoms with E-state index in [1.807, 2.05) is 0 Å². The molecule has 30 heavy (non-hydrogen) atoms. The monoisotopic (exact) mass is 422 g/mol. The lowest BCUT2D eigenvalue weighted by molar-refractivity contribution is -0.00607. The molecule has 4 nitrogen and oxygen atoms in total. The van der Waals surface area contributed by atoms with Gasteiger partial charge in [0.1, 0.15) is 17.2 Å². The van der Waals surface area contributed by atoms with Crippen molar-refractivity contribution in [2.45, 2.75) is 51.6 Å². The number of pyridine rings is 1. The van der Waals surface area contributed by atoms with Crippen molar-refractivity contribution >= 4 is 17.4 Å². The first-order valence-electron chi connectivity index (χ1n) is 9.47. The van der Waals surface area contributed by atoms with Crippen LogP contribution in [0.3, 0.4) is 0 Å². The fraction of sp³-hybridized carbons (Fsp3) is 0.364. The van der Waals surface area contributed by atoms with Crippen LogP contribution in [0.2, 0.25) is 0 Å². The number of carbonyl (C=O) groups is 1. The average Bonchev–Trinajstić information content (AvgIpc) is 2.63. The first-order valence-corrected chi connectivity index (χ1v) is 9.47. The lowest BCUT2D eigenvalue weighted by Gasteiger charge is -2.24. The van der Waals surface area contributed by atoms with Gasteiger partial charge in [-0.15, -0.1) is 0 Å². The number of carbonyl (C=O) groups excluding carboxylic acids is 1. The van der Waals surface area contributed by atoms with Crippen LogP contribution in [0.4, 0.5) is 28.0 Å². The summed E-state index contributed by atoms with van der Waals surface area (Å²) in [5.41, 5.74) is 0.0616. The molecule has 0 saturated heterocycles. The maximum atomic E-state index is 14.5. The van der Waals surface area contributed by atoms with E-state index in [1.165, 1.54) is 18.3 Å². The zero-order valence-corrected chi connectivity index (χ0v) is 16.9. The SMILES string of the molecule is CC(C)(C)OC(=O)Nc1c(-c2cc(F)ccc2F)ccnc1C1=CCC(F)(F)CC1. The number of anilines is 1. The highest BCUT2D eigenvalue weighted by molar-refractivity contribution is 5.96. The molecule has 0 bridgehead atoms. The summed E-state index contributed by atoms with van der Waals surface area (Å²) in [5.74, 6) is -4.18. The highest BCUT2D eigenvalue weighted by Crippen LogP contribution is 2.41. The fourth-order valence-electron chi connectivity index (χ4n) is 3.18. The number of hydrogen-bond acceptors (Lipinski definition) is 3. The van der Waals surface area contributed by atoms with Gasteiger partial charge in [0.2, 0.25) is 0 Å². The summed E-state index contributed by atoms with van der Waals surface area (Å²) in [6.07, 6.45) is 1.09. The van der Waals surface area contributed by atoms with E-state index in [4.69, 9.17) is 4.74 Å². The smallest absolute Gasteiger partial charge is 0.412 e. The topological polar surface area (TPSA) is 51.2 Å². The van der Waals surface area contributed by atoms with E-state index in [-0.39, 0.29) is 35.3 Å². The molecule has 1 N–H and O–H groups in total. The number of alkyl halides is 2. The Kier molecular flexibility index (Phi) is 5.87. The van der Waals surface area contributed by atoms with Gasteiger partial charge in [-0.2, -0.15) is 0 Å². The molecule has 0 saturated carbocycles. The normalized spacial score (nSPS) is 16.0. The summed E-state index contributed by atoms with van der Waals surface area (Å²) in [5, 5.41) is 2.56. The van der Waals surface area contributed by atoms with Gasteiger partial charge in [-0.1, -0.05) is 6.08 Å². The van der Waals surface area contributed by atoms with Crippen molar-refractivity contribution in [3.63, 3.8) is 0 Å². The van der Waals surface area contributed by atoms with Gasteiger partial charge in [-0.3, -0.25) is 10.3 Å². The largest absolute Gasteiger partial charge is 0.444 e. The molecule has 0 radical (unpaired) electrons. The van der Waals surface area contributed by atoms with Crippen LogP contribution in [0.1, 0.15) is 45.7 Å². The predicted octanol–water partition coefficient (Wildman–Crippen LogP) is 6.58. The lowest BCUT2D eigenvalue weighted by Crippen LogP contribution is -2.28. The molecule has 0 spiro atoms. The second-order valence-electron chi connectivity index (χ2n) is 8.12. The molecule has 1 amide bonds. The van der Waals surface area contributed by atoms with Crippen LogP contribution in [0.15, 0.2) is 36.5 Å². The highest BCUT2D eigenvalue weighted by Gasteiger charge is 2.32. The lowest BCUT2D eigenvalue weighted by atomic mass is 9.91. The molecular weight excluding hydrogens is 400 g/mol. The number of amides is 1. The maximum absolute atomic E-state index is 14.5. The molecule has 0 atom stereocenters. The first kappa shape index (κ1) is 21.8. The minimum atomic E-state index is -2.81. The standard InChI is InChI=1S/C22H22F4N2O2/c1-21(2,3)30-20(29)28-19-15(16-12-14(23)4-5-17(16)24)8-11-27-18(19)13-6-9-22(25,26)10-7-13/h4-6,8,11-12H,7,9-10H2,1-3H3,(H,28,29). The van der Waals surface area contributed by atoms with E-state index in [0.717, 1.165) is 18.2 Å². The zero-order valence-electron chi connectivity index (χ0n) is 16.9. The number of allylic oxidation sites excluding steroid dienone is 2. The second-order valence-corrected chi connectivity index (χ2v) is 8.12. The summed E-state index contributed by atoms with van der Waals surface area (Å²) in [4.78, 5) is 16.7. The maximum Gasteiger partial charge on any atom is 0.412 e. The first-order chi connectivity index (χ1) is 14.0. The predicted molar refractivity (Wildman–Crippen MR) is 106 cm³/mol. The zero-order chi connectivity index (χ0) is 22.1. The van der Waals surface area contributed by atoms with Gasteiger partial charge < -0.3 is 4.74 Å². The van der Waals surface area contributed by atoms with Crippen molar-refractivity contribution in [1.82, 2.24) is 4.98 Å². The van der Waals surface area contributed by atoms with Crippen molar-refractivity contribution in [2.24, 2.45) is 0 Å². The van der Waals surface area contributed by atoms with Crippen LogP contribution < -0.4 is 5.32 Å². The van der Waals surface area contributed by atoms with E-state index in [2.05, 4.69) is 10.3 Å². The molecule has 3 rings (SSSR count). The van der Waals surface area contributed by atoms with Crippen LogP contribution in [0.5, 0.6) is 0 Å². The molecule has 160 valence electrons. The Morgan fingerprint density at radius 3 is 2.53 bits per heavy atom. The number of nitrogens with zero attached hydrogens (tertiary/aromatic N) is 1. The highest BCUT2D eigenvalue weighted by atomic mass is 19.3. The number of hydrogen-bond donors (Lipinski definition) is 1. The minimum Gasteiger partial charge on any atom is -0.444 e. The van der Waals surface area contributed by atoms with Crippen LogP contribution in [-0.4, -0.2) is 22.6 Å². The second kappa shape index (κ2) is 8.08. The molecule has 1 aromatic carbocycles. The molecular formula is C22H22F4N2O2. The number of halogens is 4. The molecule has 2 aromatic rings. The molecule has 1 aromatic heterocycles.